The molecule has 88 valence electrons. The number of carbonyl (C=O) groups excluding carboxylic acids is 1. The molecule has 0 N–H and O–H groups in total. The molecule has 4 nitrogen and oxygen atoms in total. The number of rotatable bonds is 5. The monoisotopic (exact) mass is 242 g/mol. The third kappa shape index (κ3) is 1.99. The van der Waals surface area contributed by atoms with Crippen molar-refractivity contribution in [2.24, 2.45) is 5.92 Å². The van der Waals surface area contributed by atoms with E-state index in [4.69, 9.17) is 16.3 Å². The van der Waals surface area contributed by atoms with Crippen LogP contribution in [0.4, 0.5) is 0 Å². The molecule has 16 heavy (non-hydrogen) atoms. The van der Waals surface area contributed by atoms with E-state index in [1.807, 2.05) is 6.92 Å². The quantitative estimate of drug-likeness (QED) is 0.744. The topological polar surface area (TPSA) is 44.1 Å². The SMILES string of the molecule is CCn1ncc(Cl)c1C(=O)C(OC)C1CC1. The van der Waals surface area contributed by atoms with Crippen LogP contribution < -0.4 is 0 Å². The second-order valence-corrected chi connectivity index (χ2v) is 4.42. The van der Waals surface area contributed by atoms with Gasteiger partial charge < -0.3 is 4.74 Å². The highest BCUT2D eigenvalue weighted by molar-refractivity contribution is 6.33. The lowest BCUT2D eigenvalue weighted by Crippen LogP contribution is -2.27. The number of nitrogens with zero attached hydrogens (tertiary/aromatic N) is 2. The summed E-state index contributed by atoms with van der Waals surface area (Å²) < 4.78 is 6.89. The van der Waals surface area contributed by atoms with E-state index in [2.05, 4.69) is 5.10 Å². The molecule has 0 bridgehead atoms. The minimum atomic E-state index is -0.362. The number of ether oxygens (including phenoxy) is 1. The van der Waals surface area contributed by atoms with Gasteiger partial charge in [0.1, 0.15) is 11.8 Å². The van der Waals surface area contributed by atoms with E-state index in [1.165, 1.54) is 6.20 Å². The number of hydrogen-bond acceptors (Lipinski definition) is 3. The molecule has 5 heteroatoms. The summed E-state index contributed by atoms with van der Waals surface area (Å²) in [6.07, 6.45) is 3.27. The van der Waals surface area contributed by atoms with Gasteiger partial charge >= 0.3 is 0 Å². The van der Waals surface area contributed by atoms with E-state index in [-0.39, 0.29) is 11.9 Å². The molecule has 1 saturated carbocycles. The predicted octanol–water partition coefficient (Wildman–Crippen LogP) is 2.16. The molecule has 0 radical (unpaired) electrons. The molecule has 1 fully saturated rings. The number of Topliss-reactive ketones (excluding diaryl/α,β-unsaturated/α-hetero) is 1. The van der Waals surface area contributed by atoms with E-state index in [0.717, 1.165) is 12.8 Å². The van der Waals surface area contributed by atoms with Gasteiger partial charge in [0.2, 0.25) is 5.78 Å². The van der Waals surface area contributed by atoms with Crippen LogP contribution in [0.3, 0.4) is 0 Å². The third-order valence-electron chi connectivity index (χ3n) is 2.89. The van der Waals surface area contributed by atoms with E-state index in [1.54, 1.807) is 11.8 Å². The molecule has 0 spiro atoms. The Morgan fingerprint density at radius 2 is 2.44 bits per heavy atom. The maximum Gasteiger partial charge on any atom is 0.211 e. The Kier molecular flexibility index (Phi) is 3.30. The van der Waals surface area contributed by atoms with Gasteiger partial charge in [0.25, 0.3) is 0 Å². The largest absolute Gasteiger partial charge is 0.373 e. The zero-order valence-corrected chi connectivity index (χ0v) is 10.2. The Morgan fingerprint density at radius 1 is 1.75 bits per heavy atom. The number of carbonyl (C=O) groups is 1. The summed E-state index contributed by atoms with van der Waals surface area (Å²) in [7, 11) is 1.57. The van der Waals surface area contributed by atoms with Crippen molar-refractivity contribution in [3.8, 4) is 0 Å². The number of hydrogen-bond donors (Lipinski definition) is 0. The average molecular weight is 243 g/mol. The van der Waals surface area contributed by atoms with Crippen molar-refractivity contribution in [3.05, 3.63) is 16.9 Å². The lowest BCUT2D eigenvalue weighted by molar-refractivity contribution is 0.0529. The van der Waals surface area contributed by atoms with Crippen LogP contribution >= 0.6 is 11.6 Å². The van der Waals surface area contributed by atoms with Gasteiger partial charge in [-0.25, -0.2) is 0 Å². The fourth-order valence-corrected chi connectivity index (χ4v) is 2.13. The summed E-state index contributed by atoms with van der Waals surface area (Å²) in [6, 6.07) is 0. The van der Waals surface area contributed by atoms with Gasteiger partial charge in [-0.1, -0.05) is 11.6 Å². The number of aromatic nitrogens is 2. The third-order valence-corrected chi connectivity index (χ3v) is 3.17. The van der Waals surface area contributed by atoms with Crippen LogP contribution in [0.25, 0.3) is 0 Å². The highest BCUT2D eigenvalue weighted by Crippen LogP contribution is 2.36. The Morgan fingerprint density at radius 3 is 2.94 bits per heavy atom. The lowest BCUT2D eigenvalue weighted by Gasteiger charge is -2.14. The van der Waals surface area contributed by atoms with Crippen LogP contribution in [0, 0.1) is 5.92 Å². The second-order valence-electron chi connectivity index (χ2n) is 4.01. The summed E-state index contributed by atoms with van der Waals surface area (Å²) in [4.78, 5) is 12.2. The molecular weight excluding hydrogens is 228 g/mol. The van der Waals surface area contributed by atoms with Gasteiger partial charge in [-0.3, -0.25) is 9.48 Å². The molecular formula is C11H15ClN2O2. The molecule has 1 atom stereocenters. The van der Waals surface area contributed by atoms with Crippen LogP contribution in [0.1, 0.15) is 30.3 Å². The van der Waals surface area contributed by atoms with E-state index >= 15 is 0 Å². The minimum Gasteiger partial charge on any atom is -0.373 e. The van der Waals surface area contributed by atoms with Crippen LogP contribution in [0.15, 0.2) is 6.20 Å². The number of methoxy groups -OCH3 is 1. The van der Waals surface area contributed by atoms with Gasteiger partial charge in [-0.2, -0.15) is 5.10 Å². The first kappa shape index (κ1) is 11.6. The molecule has 1 aliphatic rings. The molecule has 0 aromatic carbocycles. The highest BCUT2D eigenvalue weighted by atomic mass is 35.5. The van der Waals surface area contributed by atoms with Gasteiger partial charge in [0, 0.05) is 13.7 Å². The van der Waals surface area contributed by atoms with Crippen LogP contribution in [-0.4, -0.2) is 28.8 Å². The number of halogens is 1. The number of ketones is 1. The van der Waals surface area contributed by atoms with E-state index < -0.39 is 0 Å². The maximum absolute atomic E-state index is 12.2. The van der Waals surface area contributed by atoms with Crippen molar-refractivity contribution in [3.63, 3.8) is 0 Å². The molecule has 1 aromatic rings. The van der Waals surface area contributed by atoms with Gasteiger partial charge in [0.15, 0.2) is 0 Å². The molecule has 0 amide bonds. The normalized spacial score (nSPS) is 17.4. The van der Waals surface area contributed by atoms with Crippen molar-refractivity contribution >= 4 is 17.4 Å². The van der Waals surface area contributed by atoms with Crippen molar-refractivity contribution < 1.29 is 9.53 Å². The first-order valence-corrected chi connectivity index (χ1v) is 5.85. The standard InChI is InChI=1S/C11H15ClN2O2/c1-3-14-9(8(12)6-13-14)10(15)11(16-2)7-4-5-7/h6-7,11H,3-5H2,1-2H3. The molecule has 1 unspecified atom stereocenters. The van der Waals surface area contributed by atoms with Crippen molar-refractivity contribution in [2.45, 2.75) is 32.4 Å². The lowest BCUT2D eigenvalue weighted by atomic mass is 10.1. The van der Waals surface area contributed by atoms with Gasteiger partial charge in [-0.15, -0.1) is 0 Å². The van der Waals surface area contributed by atoms with E-state index in [9.17, 15) is 4.79 Å². The molecule has 0 aliphatic heterocycles. The Bertz CT molecular complexity index is 399. The molecule has 0 saturated heterocycles. The summed E-state index contributed by atoms with van der Waals surface area (Å²) in [5.41, 5.74) is 0.475. The highest BCUT2D eigenvalue weighted by Gasteiger charge is 2.38. The molecule has 2 rings (SSSR count). The average Bonchev–Trinajstić information content (AvgIpc) is 3.02. The fraction of sp³-hybridized carbons (Fsp3) is 0.636. The molecule has 1 heterocycles. The first-order valence-electron chi connectivity index (χ1n) is 5.47. The summed E-state index contributed by atoms with van der Waals surface area (Å²) in [5, 5.41) is 4.47. The van der Waals surface area contributed by atoms with Gasteiger partial charge in [0.05, 0.1) is 11.2 Å². The second kappa shape index (κ2) is 4.55. The minimum absolute atomic E-state index is 0.0469. The zero-order valence-electron chi connectivity index (χ0n) is 9.44. The Labute approximate surface area is 99.5 Å². The summed E-state index contributed by atoms with van der Waals surface area (Å²) in [6.45, 7) is 2.56. The summed E-state index contributed by atoms with van der Waals surface area (Å²) in [5.74, 6) is 0.308. The van der Waals surface area contributed by atoms with Crippen molar-refractivity contribution in [1.29, 1.82) is 0 Å². The molecule has 1 aromatic heterocycles. The van der Waals surface area contributed by atoms with Crippen LogP contribution in [-0.2, 0) is 11.3 Å². The van der Waals surface area contributed by atoms with Crippen molar-refractivity contribution in [2.75, 3.05) is 7.11 Å². The smallest absolute Gasteiger partial charge is 0.211 e. The van der Waals surface area contributed by atoms with E-state index in [0.29, 0.717) is 23.2 Å². The van der Waals surface area contributed by atoms with Gasteiger partial charge in [-0.05, 0) is 25.7 Å². The van der Waals surface area contributed by atoms with Crippen LogP contribution in [0.2, 0.25) is 5.02 Å². The summed E-state index contributed by atoms with van der Waals surface area (Å²) >= 11 is 5.98. The maximum atomic E-state index is 12.2. The molecule has 1 aliphatic carbocycles. The fourth-order valence-electron chi connectivity index (χ4n) is 1.89. The van der Waals surface area contributed by atoms with Crippen molar-refractivity contribution in [1.82, 2.24) is 9.78 Å². The first-order chi connectivity index (χ1) is 7.69. The number of aryl methyl sites for hydroxylation is 1. The van der Waals surface area contributed by atoms with Crippen LogP contribution in [0.5, 0.6) is 0 Å². The zero-order chi connectivity index (χ0) is 11.7. The Balaban J connectivity index is 2.27. The predicted molar refractivity (Wildman–Crippen MR) is 60.8 cm³/mol. The Hall–Kier alpha value is -0.870.